The van der Waals surface area contributed by atoms with Gasteiger partial charge in [0, 0.05) is 19.2 Å². The fourth-order valence-electron chi connectivity index (χ4n) is 2.97. The quantitative estimate of drug-likeness (QED) is 0.671. The summed E-state index contributed by atoms with van der Waals surface area (Å²) >= 11 is 0. The molecule has 1 N–H and O–H groups in total. The Morgan fingerprint density at radius 3 is 2.93 bits per heavy atom. The van der Waals surface area contributed by atoms with Crippen molar-refractivity contribution in [2.75, 3.05) is 13.2 Å². The first kappa shape index (κ1) is 19.4. The number of ether oxygens (including phenoxy) is 3. The van der Waals surface area contributed by atoms with Gasteiger partial charge in [0.15, 0.2) is 11.9 Å². The third-order valence-corrected chi connectivity index (χ3v) is 4.65. The van der Waals surface area contributed by atoms with Crippen LogP contribution in [0.5, 0.6) is 5.75 Å². The van der Waals surface area contributed by atoms with Gasteiger partial charge in [0.2, 0.25) is 17.7 Å². The smallest absolute Gasteiger partial charge is 0.255 e. The largest absolute Gasteiger partial charge is 0.488 e. The second kappa shape index (κ2) is 8.18. The first-order chi connectivity index (χ1) is 14.0. The fraction of sp³-hybridized carbons (Fsp3) is 0.500. The van der Waals surface area contributed by atoms with Crippen LogP contribution in [-0.2, 0) is 14.3 Å². The van der Waals surface area contributed by atoms with E-state index in [1.165, 1.54) is 6.92 Å². The Hall–Kier alpha value is -2.97. The molecule has 154 valence electrons. The van der Waals surface area contributed by atoms with E-state index in [-0.39, 0.29) is 36.2 Å². The average Bonchev–Trinajstić information content (AvgIpc) is 3.41. The lowest BCUT2D eigenvalue weighted by molar-refractivity contribution is -0.119. The number of aliphatic imine (C=N–C) groups is 2. The average molecular weight is 402 g/mol. The van der Waals surface area contributed by atoms with Crippen LogP contribution < -0.4 is 10.1 Å². The molecule has 2 aliphatic heterocycles. The Bertz CT molecular complexity index is 881. The first-order valence-corrected chi connectivity index (χ1v) is 9.68. The van der Waals surface area contributed by atoms with E-state index < -0.39 is 12.1 Å². The number of carbonyl (C=O) groups is 1. The first-order valence-electron chi connectivity index (χ1n) is 9.68. The van der Waals surface area contributed by atoms with Crippen molar-refractivity contribution in [1.29, 1.82) is 0 Å². The molecule has 29 heavy (non-hydrogen) atoms. The van der Waals surface area contributed by atoms with E-state index in [1.807, 2.05) is 6.92 Å². The normalized spacial score (nSPS) is 23.4. The molecule has 9 heteroatoms. The third-order valence-electron chi connectivity index (χ3n) is 4.65. The molecule has 1 amide bonds. The Morgan fingerprint density at radius 2 is 2.21 bits per heavy atom. The number of fused-ring (bicyclic) bond motifs is 1. The van der Waals surface area contributed by atoms with Gasteiger partial charge in [0.25, 0.3) is 5.95 Å². The summed E-state index contributed by atoms with van der Waals surface area (Å²) in [5, 5.41) is 2.73. The maximum absolute atomic E-state index is 14.2. The zero-order valence-corrected chi connectivity index (χ0v) is 16.3. The number of hydrogen-bond acceptors (Lipinski definition) is 7. The van der Waals surface area contributed by atoms with E-state index in [0.29, 0.717) is 24.1 Å². The summed E-state index contributed by atoms with van der Waals surface area (Å²) in [6, 6.07) is 2.72. The van der Waals surface area contributed by atoms with E-state index in [1.54, 1.807) is 24.4 Å². The summed E-state index contributed by atoms with van der Waals surface area (Å²) in [4.78, 5) is 23.6. The molecule has 3 aliphatic rings. The molecule has 0 radical (unpaired) electrons. The number of rotatable bonds is 8. The predicted molar refractivity (Wildman–Crippen MR) is 103 cm³/mol. The van der Waals surface area contributed by atoms with Crippen molar-refractivity contribution in [2.45, 2.75) is 44.9 Å². The van der Waals surface area contributed by atoms with Gasteiger partial charge < -0.3 is 19.5 Å². The number of pyridine rings is 1. The summed E-state index contributed by atoms with van der Waals surface area (Å²) in [5.74, 6) is 0.518. The monoisotopic (exact) mass is 402 g/mol. The molecule has 2 unspecified atom stereocenters. The maximum atomic E-state index is 14.2. The molecule has 1 aromatic rings. The molecule has 0 bridgehead atoms. The molecule has 0 aromatic carbocycles. The van der Waals surface area contributed by atoms with Gasteiger partial charge >= 0.3 is 0 Å². The summed E-state index contributed by atoms with van der Waals surface area (Å²) in [6.45, 7) is 4.09. The molecule has 3 heterocycles. The molecule has 1 aliphatic carbocycles. The third kappa shape index (κ3) is 4.90. The predicted octanol–water partition coefficient (Wildman–Crippen LogP) is 1.99. The molecular formula is C20H23FN4O4. The highest BCUT2D eigenvalue weighted by Crippen LogP contribution is 2.30. The van der Waals surface area contributed by atoms with Crippen LogP contribution >= 0.6 is 0 Å². The number of aromatic nitrogens is 1. The Morgan fingerprint density at radius 1 is 1.38 bits per heavy atom. The molecule has 1 fully saturated rings. The molecule has 4 rings (SSSR count). The summed E-state index contributed by atoms with van der Waals surface area (Å²) in [6.07, 6.45) is 5.20. The minimum atomic E-state index is -0.676. The lowest BCUT2D eigenvalue weighted by atomic mass is 10.1. The van der Waals surface area contributed by atoms with Gasteiger partial charge in [-0.2, -0.15) is 4.39 Å². The summed E-state index contributed by atoms with van der Waals surface area (Å²) in [7, 11) is 0. The Kier molecular flexibility index (Phi) is 5.46. The molecule has 1 saturated carbocycles. The van der Waals surface area contributed by atoms with Crippen LogP contribution in [-0.4, -0.2) is 54.4 Å². The number of nitrogens with zero attached hydrogens (tertiary/aromatic N) is 3. The van der Waals surface area contributed by atoms with Crippen molar-refractivity contribution in [3.63, 3.8) is 0 Å². The lowest BCUT2D eigenvalue weighted by Gasteiger charge is -2.18. The van der Waals surface area contributed by atoms with Crippen LogP contribution in [0.3, 0.4) is 0 Å². The van der Waals surface area contributed by atoms with Gasteiger partial charge in [-0.15, -0.1) is 0 Å². The summed E-state index contributed by atoms with van der Waals surface area (Å²) < 4.78 is 31.1. The van der Waals surface area contributed by atoms with Gasteiger partial charge in [-0.25, -0.2) is 15.0 Å². The van der Waals surface area contributed by atoms with Gasteiger partial charge in [0.1, 0.15) is 18.3 Å². The van der Waals surface area contributed by atoms with E-state index in [4.69, 9.17) is 14.2 Å². The molecule has 0 spiro atoms. The van der Waals surface area contributed by atoms with E-state index in [0.717, 1.165) is 12.8 Å². The molecule has 0 saturated heterocycles. The van der Waals surface area contributed by atoms with E-state index >= 15 is 0 Å². The Labute approximate surface area is 167 Å². The van der Waals surface area contributed by atoms with Crippen molar-refractivity contribution < 1.29 is 23.4 Å². The van der Waals surface area contributed by atoms with Crippen molar-refractivity contribution >= 4 is 18.0 Å². The van der Waals surface area contributed by atoms with Crippen LogP contribution in [0.25, 0.3) is 0 Å². The number of halogens is 1. The van der Waals surface area contributed by atoms with Crippen LogP contribution in [0, 0.1) is 11.9 Å². The molecule has 8 nitrogen and oxygen atoms in total. The Balaban J connectivity index is 1.35. The number of amides is 1. The lowest BCUT2D eigenvalue weighted by Crippen LogP contribution is -2.34. The molecular weight excluding hydrogens is 379 g/mol. The topological polar surface area (TPSA) is 94.4 Å². The van der Waals surface area contributed by atoms with Crippen molar-refractivity contribution in [1.82, 2.24) is 10.3 Å². The highest BCUT2D eigenvalue weighted by atomic mass is 19.1. The SMILES string of the molecule is CC(=O)N[C@@H](C)COC1=CC2OC(c3ccc(OCC4CC4)c(F)n3)=NC2C=N1. The van der Waals surface area contributed by atoms with Gasteiger partial charge in [0.05, 0.1) is 12.6 Å². The zero-order valence-electron chi connectivity index (χ0n) is 16.3. The minimum absolute atomic E-state index is 0.122. The van der Waals surface area contributed by atoms with E-state index in [2.05, 4.69) is 20.3 Å². The number of hydrogen-bond donors (Lipinski definition) is 1. The van der Waals surface area contributed by atoms with Crippen molar-refractivity contribution in [2.24, 2.45) is 15.9 Å². The van der Waals surface area contributed by atoms with Gasteiger partial charge in [-0.1, -0.05) is 0 Å². The highest BCUT2D eigenvalue weighted by Gasteiger charge is 2.33. The summed E-state index contributed by atoms with van der Waals surface area (Å²) in [5.41, 5.74) is 0.305. The van der Waals surface area contributed by atoms with Crippen LogP contribution in [0.1, 0.15) is 32.4 Å². The van der Waals surface area contributed by atoms with E-state index in [9.17, 15) is 9.18 Å². The fourth-order valence-corrected chi connectivity index (χ4v) is 2.97. The second-order valence-corrected chi connectivity index (χ2v) is 7.44. The van der Waals surface area contributed by atoms with Gasteiger partial charge in [-0.05, 0) is 37.8 Å². The van der Waals surface area contributed by atoms with Crippen molar-refractivity contribution in [3.8, 4) is 5.75 Å². The highest BCUT2D eigenvalue weighted by molar-refractivity contribution is 5.96. The number of nitrogens with one attached hydrogen (secondary N) is 1. The minimum Gasteiger partial charge on any atom is -0.488 e. The van der Waals surface area contributed by atoms with Crippen LogP contribution in [0.2, 0.25) is 0 Å². The van der Waals surface area contributed by atoms with Crippen LogP contribution in [0.15, 0.2) is 34.1 Å². The van der Waals surface area contributed by atoms with Gasteiger partial charge in [-0.3, -0.25) is 4.79 Å². The molecule has 3 atom stereocenters. The number of carbonyl (C=O) groups excluding carboxylic acids is 1. The van der Waals surface area contributed by atoms with Crippen molar-refractivity contribution in [3.05, 3.63) is 35.7 Å². The standard InChI is InChI=1S/C20H23FN4O4/c1-11(23-12(2)26)9-28-18-7-17-15(8-22-18)25-20(29-17)14-5-6-16(19(21)24-14)27-10-13-3-4-13/h5-8,11,13,15,17H,3-4,9-10H2,1-2H3,(H,23,26)/t11-,15?,17?/m0/s1. The molecule has 1 aromatic heterocycles. The van der Waals surface area contributed by atoms with Crippen LogP contribution in [0.4, 0.5) is 4.39 Å². The maximum Gasteiger partial charge on any atom is 0.255 e. The zero-order chi connectivity index (χ0) is 20.4. The second-order valence-electron chi connectivity index (χ2n) is 7.44.